The van der Waals surface area contributed by atoms with Crippen molar-refractivity contribution in [2.24, 2.45) is 0 Å². The first kappa shape index (κ1) is 26.6. The average Bonchev–Trinajstić information content (AvgIpc) is 2.74. The first-order chi connectivity index (χ1) is 16.1. The van der Waals surface area contributed by atoms with Gasteiger partial charge >= 0.3 is 29.8 Å². The Morgan fingerprint density at radius 3 is 1.88 bits per heavy atom. The summed E-state index contributed by atoms with van der Waals surface area (Å²) in [4.78, 5) is 59.1. The molecule has 1 heterocycles. The second kappa shape index (κ2) is 12.5. The molecule has 0 aliphatic carbocycles. The van der Waals surface area contributed by atoms with Crippen LogP contribution in [-0.2, 0) is 52.4 Å². The molecule has 1 aliphatic heterocycles. The lowest BCUT2D eigenvalue weighted by molar-refractivity contribution is -0.300. The van der Waals surface area contributed by atoms with E-state index in [1.807, 2.05) is 0 Å². The smallest absolute Gasteiger partial charge is 0.344 e. The molecular weight excluding hydrogens is 456 g/mol. The Morgan fingerprint density at radius 1 is 0.735 bits per heavy atom. The monoisotopic (exact) mass is 482 g/mol. The van der Waals surface area contributed by atoms with E-state index in [1.165, 1.54) is 0 Å². The quantitative estimate of drug-likeness (QED) is 0.360. The van der Waals surface area contributed by atoms with Gasteiger partial charge in [0, 0.05) is 27.7 Å². The molecule has 0 saturated carbocycles. The third-order valence-corrected chi connectivity index (χ3v) is 4.30. The third kappa shape index (κ3) is 8.35. The molecule has 1 aliphatic rings. The van der Waals surface area contributed by atoms with Crippen molar-refractivity contribution in [2.75, 3.05) is 13.2 Å². The highest BCUT2D eigenvalue weighted by Crippen LogP contribution is 2.30. The van der Waals surface area contributed by atoms with E-state index in [9.17, 15) is 24.0 Å². The summed E-state index contributed by atoms with van der Waals surface area (Å²) in [6.45, 7) is 3.43. The summed E-state index contributed by atoms with van der Waals surface area (Å²) in [6.07, 6.45) is -7.15. The predicted octanol–water partition coefficient (Wildman–Crippen LogP) is 0.692. The number of carbonyl (C=O) groups excluding carboxylic acids is 5. The lowest BCUT2D eigenvalue weighted by Gasteiger charge is -2.43. The van der Waals surface area contributed by atoms with Crippen LogP contribution in [0.15, 0.2) is 30.3 Å². The first-order valence-electron chi connectivity index (χ1n) is 10.2. The molecule has 0 bridgehead atoms. The maximum Gasteiger partial charge on any atom is 0.344 e. The molecule has 1 aromatic rings. The second-order valence-corrected chi connectivity index (χ2v) is 7.16. The van der Waals surface area contributed by atoms with Gasteiger partial charge in [-0.15, -0.1) is 0 Å². The number of esters is 5. The minimum absolute atomic E-state index is 0.394. The van der Waals surface area contributed by atoms with Gasteiger partial charge in [-0.3, -0.25) is 19.2 Å². The molecule has 0 radical (unpaired) electrons. The number of rotatable bonds is 9. The van der Waals surface area contributed by atoms with Crippen LogP contribution in [0.4, 0.5) is 0 Å². The first-order valence-corrected chi connectivity index (χ1v) is 10.2. The van der Waals surface area contributed by atoms with Crippen LogP contribution in [0.3, 0.4) is 0 Å². The number of para-hydroxylation sites is 1. The van der Waals surface area contributed by atoms with Crippen molar-refractivity contribution in [3.63, 3.8) is 0 Å². The van der Waals surface area contributed by atoms with Gasteiger partial charge in [0.25, 0.3) is 0 Å². The fourth-order valence-corrected chi connectivity index (χ4v) is 3.10. The zero-order valence-electron chi connectivity index (χ0n) is 19.1. The molecule has 186 valence electrons. The van der Waals surface area contributed by atoms with E-state index in [-0.39, 0.29) is 0 Å². The Labute approximate surface area is 195 Å². The van der Waals surface area contributed by atoms with Crippen molar-refractivity contribution in [1.82, 2.24) is 0 Å². The molecule has 12 heteroatoms. The minimum Gasteiger partial charge on any atom is -0.482 e. The fraction of sp³-hybridized carbons (Fsp3) is 0.500. The summed E-state index contributed by atoms with van der Waals surface area (Å²) in [5.74, 6) is -3.57. The van der Waals surface area contributed by atoms with Gasteiger partial charge in [-0.1, -0.05) is 18.2 Å². The summed E-state index contributed by atoms with van der Waals surface area (Å²) < 4.78 is 37.0. The van der Waals surface area contributed by atoms with Crippen LogP contribution in [0.2, 0.25) is 0 Å². The van der Waals surface area contributed by atoms with E-state index in [4.69, 9.17) is 33.2 Å². The lowest BCUT2D eigenvalue weighted by atomic mass is 9.98. The molecule has 0 amide bonds. The van der Waals surface area contributed by atoms with Crippen molar-refractivity contribution >= 4 is 29.8 Å². The van der Waals surface area contributed by atoms with Crippen molar-refractivity contribution in [3.8, 4) is 5.75 Å². The molecular formula is C22H26O12. The molecule has 0 spiro atoms. The van der Waals surface area contributed by atoms with Crippen LogP contribution >= 0.6 is 0 Å². The zero-order chi connectivity index (χ0) is 25.3. The van der Waals surface area contributed by atoms with Crippen LogP contribution in [0.5, 0.6) is 5.75 Å². The van der Waals surface area contributed by atoms with Crippen LogP contribution in [-0.4, -0.2) is 73.8 Å². The highest BCUT2D eigenvalue weighted by Gasteiger charge is 2.53. The van der Waals surface area contributed by atoms with Crippen LogP contribution < -0.4 is 4.74 Å². The minimum atomic E-state index is -1.55. The maximum atomic E-state index is 12.6. The van der Waals surface area contributed by atoms with Gasteiger partial charge in [0.1, 0.15) is 18.5 Å². The zero-order valence-corrected chi connectivity index (χ0v) is 19.1. The van der Waals surface area contributed by atoms with Crippen molar-refractivity contribution in [2.45, 2.75) is 58.4 Å². The Balaban J connectivity index is 2.33. The molecule has 0 aromatic heterocycles. The number of ether oxygens (including phenoxy) is 7. The maximum absolute atomic E-state index is 12.6. The molecule has 1 fully saturated rings. The Bertz CT molecular complexity index is 883. The highest BCUT2D eigenvalue weighted by atomic mass is 16.7. The van der Waals surface area contributed by atoms with Gasteiger partial charge < -0.3 is 33.2 Å². The van der Waals surface area contributed by atoms with E-state index in [1.54, 1.807) is 30.3 Å². The van der Waals surface area contributed by atoms with Crippen molar-refractivity contribution < 1.29 is 57.1 Å². The van der Waals surface area contributed by atoms with Gasteiger partial charge in [-0.25, -0.2) is 4.79 Å². The van der Waals surface area contributed by atoms with Gasteiger partial charge in [0.15, 0.2) is 18.8 Å². The largest absolute Gasteiger partial charge is 0.482 e. The summed E-state index contributed by atoms with van der Waals surface area (Å²) in [5.41, 5.74) is 0. The molecule has 2 rings (SSSR count). The molecule has 0 unspecified atom stereocenters. The number of benzene rings is 1. The van der Waals surface area contributed by atoms with Crippen LogP contribution in [0.1, 0.15) is 27.7 Å². The summed E-state index contributed by atoms with van der Waals surface area (Å²) in [6, 6.07) is 8.42. The molecule has 5 atom stereocenters. The van der Waals surface area contributed by atoms with E-state index in [0.29, 0.717) is 5.75 Å². The van der Waals surface area contributed by atoms with Crippen LogP contribution in [0.25, 0.3) is 0 Å². The van der Waals surface area contributed by atoms with E-state index >= 15 is 0 Å². The fourth-order valence-electron chi connectivity index (χ4n) is 3.10. The van der Waals surface area contributed by atoms with Gasteiger partial charge in [-0.2, -0.15) is 0 Å². The molecule has 0 N–H and O–H groups in total. The SMILES string of the molecule is CC(=O)OC[C@@H]1O[C@@H](OC(C)=O)[C@@H](OC(C)=O)[C@@H](OC(=O)COc2ccccc2)[C@@H]1OC(C)=O. The average molecular weight is 482 g/mol. The van der Waals surface area contributed by atoms with Gasteiger partial charge in [0.2, 0.25) is 12.4 Å². The van der Waals surface area contributed by atoms with Crippen molar-refractivity contribution in [3.05, 3.63) is 30.3 Å². The third-order valence-electron chi connectivity index (χ3n) is 4.30. The Hall–Kier alpha value is -3.67. The normalized spacial score (nSPS) is 23.7. The standard InChI is InChI=1S/C22H26O12/c1-12(23)28-10-17-19(30-13(2)24)20(21(31-14(3)25)22(33-17)32-15(4)26)34-18(27)11-29-16-8-6-5-7-9-16/h5-9,17,19-22H,10-11H2,1-4H3/t17-,19+,20-,21-,22+/m0/s1. The molecule has 1 aromatic carbocycles. The second-order valence-electron chi connectivity index (χ2n) is 7.16. The number of hydrogen-bond donors (Lipinski definition) is 0. The molecule has 12 nitrogen and oxygen atoms in total. The highest BCUT2D eigenvalue weighted by molar-refractivity contribution is 5.72. The van der Waals surface area contributed by atoms with E-state index < -0.39 is 73.8 Å². The van der Waals surface area contributed by atoms with Crippen LogP contribution in [0, 0.1) is 0 Å². The van der Waals surface area contributed by atoms with Crippen molar-refractivity contribution in [1.29, 1.82) is 0 Å². The summed E-state index contributed by atoms with van der Waals surface area (Å²) in [5, 5.41) is 0. The van der Waals surface area contributed by atoms with E-state index in [2.05, 4.69) is 0 Å². The summed E-state index contributed by atoms with van der Waals surface area (Å²) >= 11 is 0. The predicted molar refractivity (Wildman–Crippen MR) is 110 cm³/mol. The van der Waals surface area contributed by atoms with E-state index in [0.717, 1.165) is 27.7 Å². The Kier molecular flexibility index (Phi) is 9.80. The molecule has 1 saturated heterocycles. The van der Waals surface area contributed by atoms with Gasteiger partial charge in [0.05, 0.1) is 0 Å². The molecule has 34 heavy (non-hydrogen) atoms. The number of carbonyl (C=O) groups is 5. The number of hydrogen-bond acceptors (Lipinski definition) is 12. The van der Waals surface area contributed by atoms with Gasteiger partial charge in [-0.05, 0) is 12.1 Å². The lowest BCUT2D eigenvalue weighted by Crippen LogP contribution is -2.63. The topological polar surface area (TPSA) is 150 Å². The summed E-state index contributed by atoms with van der Waals surface area (Å²) in [7, 11) is 0. The Morgan fingerprint density at radius 2 is 1.32 bits per heavy atom.